The van der Waals surface area contributed by atoms with E-state index in [4.69, 9.17) is 0 Å². The second-order valence-corrected chi connectivity index (χ2v) is 12.1. The van der Waals surface area contributed by atoms with Crippen LogP contribution in [0.15, 0.2) is 39.8 Å². The van der Waals surface area contributed by atoms with Gasteiger partial charge in [-0.15, -0.1) is 0 Å². The lowest BCUT2D eigenvalue weighted by atomic mass is 9.79. The summed E-state index contributed by atoms with van der Waals surface area (Å²) in [6, 6.07) is 6.23. The molecule has 1 N–H and O–H groups in total. The van der Waals surface area contributed by atoms with Crippen molar-refractivity contribution in [2.45, 2.75) is 37.0 Å². The van der Waals surface area contributed by atoms with Gasteiger partial charge in [0.2, 0.25) is 10.0 Å². The Morgan fingerprint density at radius 3 is 2.69 bits per heavy atom. The van der Waals surface area contributed by atoms with Crippen molar-refractivity contribution in [2.75, 3.05) is 36.5 Å². The summed E-state index contributed by atoms with van der Waals surface area (Å²) < 4.78 is 54.9. The summed E-state index contributed by atoms with van der Waals surface area (Å²) in [7, 11) is -3.66. The van der Waals surface area contributed by atoms with Crippen LogP contribution in [0.4, 0.5) is 14.5 Å². The van der Waals surface area contributed by atoms with Crippen molar-refractivity contribution in [2.24, 2.45) is 5.41 Å². The van der Waals surface area contributed by atoms with Crippen molar-refractivity contribution in [3.05, 3.63) is 46.5 Å². The molecule has 6 nitrogen and oxygen atoms in total. The van der Waals surface area contributed by atoms with Crippen molar-refractivity contribution in [1.82, 2.24) is 14.3 Å². The zero-order valence-electron chi connectivity index (χ0n) is 17.4. The Bertz CT molecular complexity index is 1060. The number of hydrogen-bond donors (Lipinski definition) is 1. The summed E-state index contributed by atoms with van der Waals surface area (Å²) in [6.45, 7) is 1.38. The summed E-state index contributed by atoms with van der Waals surface area (Å²) in [4.78, 5) is 8.11. The highest BCUT2D eigenvalue weighted by Gasteiger charge is 2.41. The second kappa shape index (κ2) is 9.90. The molecule has 0 amide bonds. The largest absolute Gasteiger partial charge is 0.383 e. The summed E-state index contributed by atoms with van der Waals surface area (Å²) in [5.41, 5.74) is 0.454. The van der Waals surface area contributed by atoms with Crippen molar-refractivity contribution in [3.63, 3.8) is 0 Å². The number of aromatic nitrogens is 2. The van der Waals surface area contributed by atoms with Gasteiger partial charge in [0.25, 0.3) is 6.43 Å². The van der Waals surface area contributed by atoms with E-state index in [0.29, 0.717) is 30.7 Å². The lowest BCUT2D eigenvalue weighted by Gasteiger charge is -2.38. The van der Waals surface area contributed by atoms with E-state index in [9.17, 15) is 17.2 Å². The standard InChI is InChI=1S/C21H25BrF2N4O2S2/c22-15-1-2-18(32(29,30)28-10-5-21(6-11-28)7-12-31-14-21)17(13-15)25-9-4-19-26-8-3-16(27-19)20(23)24/h1-3,8,13,20,25H,4-7,9-12,14H2. The van der Waals surface area contributed by atoms with E-state index in [1.165, 1.54) is 18.7 Å². The maximum absolute atomic E-state index is 13.4. The molecule has 32 heavy (non-hydrogen) atoms. The van der Waals surface area contributed by atoms with Crippen molar-refractivity contribution < 1.29 is 17.2 Å². The molecule has 2 aliphatic heterocycles. The maximum Gasteiger partial charge on any atom is 0.280 e. The number of halogens is 3. The van der Waals surface area contributed by atoms with Gasteiger partial charge in [-0.2, -0.15) is 16.1 Å². The molecule has 2 aromatic rings. The normalized spacial score (nSPS) is 19.0. The van der Waals surface area contributed by atoms with Crippen molar-refractivity contribution in [1.29, 1.82) is 0 Å². The molecule has 174 valence electrons. The minimum absolute atomic E-state index is 0.222. The first-order valence-electron chi connectivity index (χ1n) is 10.5. The summed E-state index contributed by atoms with van der Waals surface area (Å²) in [6.07, 6.45) is 1.91. The molecule has 0 aliphatic carbocycles. The second-order valence-electron chi connectivity index (χ2n) is 8.22. The Labute approximate surface area is 199 Å². The molecule has 2 fully saturated rings. The zero-order chi connectivity index (χ0) is 22.8. The highest BCUT2D eigenvalue weighted by molar-refractivity contribution is 9.10. The van der Waals surface area contributed by atoms with E-state index in [2.05, 4.69) is 31.2 Å². The molecule has 0 radical (unpaired) electrons. The Morgan fingerprint density at radius 2 is 2.00 bits per heavy atom. The number of benzene rings is 1. The molecule has 0 bridgehead atoms. The first-order chi connectivity index (χ1) is 15.3. The Kier molecular flexibility index (Phi) is 7.38. The van der Waals surface area contributed by atoms with Gasteiger partial charge in [-0.3, -0.25) is 0 Å². The van der Waals surface area contributed by atoms with Gasteiger partial charge in [0.1, 0.15) is 16.4 Å². The Morgan fingerprint density at radius 1 is 1.22 bits per heavy atom. The molecule has 2 aliphatic rings. The number of thioether (sulfide) groups is 1. The van der Waals surface area contributed by atoms with Crippen molar-refractivity contribution in [3.8, 4) is 0 Å². The van der Waals surface area contributed by atoms with E-state index < -0.39 is 16.4 Å². The summed E-state index contributed by atoms with van der Waals surface area (Å²) in [5, 5.41) is 3.14. The maximum atomic E-state index is 13.4. The van der Waals surface area contributed by atoms with E-state index in [1.807, 2.05) is 11.8 Å². The monoisotopic (exact) mass is 546 g/mol. The van der Waals surface area contributed by atoms with E-state index >= 15 is 0 Å². The molecule has 0 unspecified atom stereocenters. The van der Waals surface area contributed by atoms with Gasteiger partial charge < -0.3 is 5.32 Å². The number of rotatable bonds is 7. The highest BCUT2D eigenvalue weighted by Crippen LogP contribution is 2.45. The topological polar surface area (TPSA) is 75.2 Å². The van der Waals surface area contributed by atoms with E-state index in [0.717, 1.165) is 28.8 Å². The van der Waals surface area contributed by atoms with Crippen LogP contribution in [0, 0.1) is 5.41 Å². The lowest BCUT2D eigenvalue weighted by Crippen LogP contribution is -2.43. The van der Waals surface area contributed by atoms with E-state index in [-0.39, 0.29) is 22.8 Å². The predicted octanol–water partition coefficient (Wildman–Crippen LogP) is 4.74. The molecule has 1 spiro atoms. The van der Waals surface area contributed by atoms with Crippen LogP contribution in [0.1, 0.15) is 37.2 Å². The molecular weight excluding hydrogens is 522 g/mol. The van der Waals surface area contributed by atoms with Gasteiger partial charge in [0.15, 0.2) is 0 Å². The number of nitrogens with one attached hydrogen (secondary N) is 1. The van der Waals surface area contributed by atoms with Gasteiger partial charge in [-0.05, 0) is 60.4 Å². The van der Waals surface area contributed by atoms with Gasteiger partial charge in [-0.25, -0.2) is 27.2 Å². The summed E-state index contributed by atoms with van der Waals surface area (Å²) in [5.74, 6) is 2.57. The van der Waals surface area contributed by atoms with Crippen molar-refractivity contribution >= 4 is 43.4 Å². The molecule has 3 heterocycles. The summed E-state index contributed by atoms with van der Waals surface area (Å²) >= 11 is 5.37. The molecule has 1 aromatic heterocycles. The fourth-order valence-corrected chi connectivity index (χ4v) is 7.75. The number of alkyl halides is 2. The minimum atomic E-state index is -3.66. The molecule has 1 aromatic carbocycles. The van der Waals surface area contributed by atoms with Crippen LogP contribution in [0.25, 0.3) is 0 Å². The average molecular weight is 547 g/mol. The number of hydrogen-bond acceptors (Lipinski definition) is 6. The van der Waals surface area contributed by atoms with Gasteiger partial charge in [-0.1, -0.05) is 15.9 Å². The van der Waals surface area contributed by atoms with Crippen LogP contribution >= 0.6 is 27.7 Å². The molecule has 0 atom stereocenters. The quantitative estimate of drug-likeness (QED) is 0.540. The first kappa shape index (κ1) is 23.8. The van der Waals surface area contributed by atoms with Gasteiger partial charge in [0, 0.05) is 36.7 Å². The van der Waals surface area contributed by atoms with Gasteiger partial charge in [0.05, 0.1) is 5.69 Å². The zero-order valence-corrected chi connectivity index (χ0v) is 20.7. The SMILES string of the molecule is O=S(=O)(c1ccc(Br)cc1NCCc1nccc(C(F)F)n1)N1CCC2(CCSC2)CC1. The predicted molar refractivity (Wildman–Crippen MR) is 126 cm³/mol. The molecule has 0 saturated carbocycles. The fraction of sp³-hybridized carbons (Fsp3) is 0.524. The van der Waals surface area contributed by atoms with Gasteiger partial charge >= 0.3 is 0 Å². The van der Waals surface area contributed by atoms with Crippen LogP contribution in [0.5, 0.6) is 0 Å². The van der Waals surface area contributed by atoms with Crippen LogP contribution in [-0.4, -0.2) is 53.8 Å². The molecule has 4 rings (SSSR count). The van der Waals surface area contributed by atoms with Crippen LogP contribution < -0.4 is 5.32 Å². The number of anilines is 1. The smallest absolute Gasteiger partial charge is 0.280 e. The molecule has 2 saturated heterocycles. The number of piperidine rings is 1. The van der Waals surface area contributed by atoms with Crippen LogP contribution in [0.3, 0.4) is 0 Å². The molecule has 11 heteroatoms. The lowest BCUT2D eigenvalue weighted by molar-refractivity contribution is 0.145. The number of sulfonamides is 1. The van der Waals surface area contributed by atoms with Crippen LogP contribution in [0.2, 0.25) is 0 Å². The fourth-order valence-electron chi connectivity index (χ4n) is 4.21. The third-order valence-electron chi connectivity index (χ3n) is 6.14. The minimum Gasteiger partial charge on any atom is -0.383 e. The third kappa shape index (κ3) is 5.26. The van der Waals surface area contributed by atoms with E-state index in [1.54, 1.807) is 22.5 Å². The Hall–Kier alpha value is -1.30. The third-order valence-corrected chi connectivity index (χ3v) is 9.90. The van der Waals surface area contributed by atoms with Crippen LogP contribution in [-0.2, 0) is 16.4 Å². The average Bonchev–Trinajstić information content (AvgIpc) is 3.22. The Balaban J connectivity index is 1.46. The molecular formula is C21H25BrF2N4O2S2. The highest BCUT2D eigenvalue weighted by atomic mass is 79.9. The number of nitrogens with zero attached hydrogens (tertiary/aromatic N) is 3. The first-order valence-corrected chi connectivity index (χ1v) is 13.9.